The molecule has 0 atom stereocenters. The Morgan fingerprint density at radius 2 is 2.05 bits per heavy atom. The Balaban J connectivity index is 2.20. The highest BCUT2D eigenvalue weighted by atomic mass is 16.5. The molecule has 0 bridgehead atoms. The van der Waals surface area contributed by atoms with E-state index in [0.717, 1.165) is 38.1 Å². The van der Waals surface area contributed by atoms with E-state index in [0.29, 0.717) is 5.69 Å². The molecule has 4 heteroatoms. The fraction of sp³-hybridized carbons (Fsp3) is 0.0667. The van der Waals surface area contributed by atoms with Crippen molar-refractivity contribution in [2.45, 2.75) is 0 Å². The number of aromatic nitrogens is 2. The molecule has 1 aliphatic carbocycles. The van der Waals surface area contributed by atoms with Crippen LogP contribution in [-0.4, -0.2) is 12.1 Å². The van der Waals surface area contributed by atoms with Gasteiger partial charge in [0.2, 0.25) is 5.69 Å². The Morgan fingerprint density at radius 1 is 1.16 bits per heavy atom. The quantitative estimate of drug-likeness (QED) is 0.385. The van der Waals surface area contributed by atoms with Crippen molar-refractivity contribution in [3.63, 3.8) is 0 Å². The summed E-state index contributed by atoms with van der Waals surface area (Å²) in [6.45, 7) is 0. The molecule has 0 amide bonds. The SMILES string of the molecule is COc1ccc2c(c1)-c1c3c-2nccc3cc[n+]1[O-]. The highest BCUT2D eigenvalue weighted by molar-refractivity contribution is 6.11. The molecule has 4 nitrogen and oxygen atoms in total. The maximum Gasteiger partial charge on any atom is 0.234 e. The van der Waals surface area contributed by atoms with Crippen molar-refractivity contribution >= 4 is 10.8 Å². The lowest BCUT2D eigenvalue weighted by Crippen LogP contribution is -2.27. The molecule has 0 unspecified atom stereocenters. The van der Waals surface area contributed by atoms with Crippen molar-refractivity contribution in [2.24, 2.45) is 0 Å². The summed E-state index contributed by atoms with van der Waals surface area (Å²) in [6.07, 6.45) is 3.31. The van der Waals surface area contributed by atoms with Crippen molar-refractivity contribution in [3.05, 3.63) is 47.9 Å². The van der Waals surface area contributed by atoms with Gasteiger partial charge in [0.05, 0.1) is 23.8 Å². The van der Waals surface area contributed by atoms with Crippen LogP contribution in [0.2, 0.25) is 0 Å². The number of hydrogen-bond donors (Lipinski definition) is 0. The highest BCUT2D eigenvalue weighted by Gasteiger charge is 2.29. The van der Waals surface area contributed by atoms with E-state index in [1.807, 2.05) is 30.3 Å². The van der Waals surface area contributed by atoms with Crippen molar-refractivity contribution in [2.75, 3.05) is 7.11 Å². The normalized spacial score (nSPS) is 11.6. The van der Waals surface area contributed by atoms with Gasteiger partial charge in [-0.05, 0) is 29.7 Å². The van der Waals surface area contributed by atoms with Gasteiger partial charge < -0.3 is 9.94 Å². The summed E-state index contributed by atoms with van der Waals surface area (Å²) < 4.78 is 6.14. The number of methoxy groups -OCH3 is 1. The van der Waals surface area contributed by atoms with Gasteiger partial charge in [-0.1, -0.05) is 0 Å². The topological polar surface area (TPSA) is 49.1 Å². The number of ether oxygens (including phenoxy) is 1. The first-order valence-electron chi connectivity index (χ1n) is 5.99. The van der Waals surface area contributed by atoms with Gasteiger partial charge in [0.25, 0.3) is 0 Å². The molecule has 3 aromatic rings. The van der Waals surface area contributed by atoms with E-state index < -0.39 is 0 Å². The average Bonchev–Trinajstić information content (AvgIpc) is 2.79. The predicted molar refractivity (Wildman–Crippen MR) is 71.7 cm³/mol. The number of fused-ring (bicyclic) bond motifs is 3. The average molecular weight is 250 g/mol. The van der Waals surface area contributed by atoms with Crippen LogP contribution in [0.25, 0.3) is 33.3 Å². The zero-order valence-electron chi connectivity index (χ0n) is 10.3. The van der Waals surface area contributed by atoms with Crippen LogP contribution in [0.1, 0.15) is 0 Å². The zero-order chi connectivity index (χ0) is 13.0. The molecule has 0 aliphatic heterocycles. The van der Waals surface area contributed by atoms with Crippen molar-refractivity contribution in [1.29, 1.82) is 0 Å². The van der Waals surface area contributed by atoms with Crippen LogP contribution in [0.4, 0.5) is 0 Å². The Hall–Kier alpha value is -2.62. The fourth-order valence-electron chi connectivity index (χ4n) is 2.71. The van der Waals surface area contributed by atoms with Gasteiger partial charge in [0.15, 0.2) is 6.20 Å². The first kappa shape index (κ1) is 10.3. The van der Waals surface area contributed by atoms with Crippen molar-refractivity contribution in [1.82, 2.24) is 4.98 Å². The van der Waals surface area contributed by atoms with Gasteiger partial charge >= 0.3 is 0 Å². The van der Waals surface area contributed by atoms with E-state index in [-0.39, 0.29) is 0 Å². The molecule has 19 heavy (non-hydrogen) atoms. The first-order valence-corrected chi connectivity index (χ1v) is 5.99. The van der Waals surface area contributed by atoms with Crippen LogP contribution in [0.5, 0.6) is 5.75 Å². The smallest absolute Gasteiger partial charge is 0.234 e. The van der Waals surface area contributed by atoms with Crippen LogP contribution in [0.15, 0.2) is 42.7 Å². The zero-order valence-corrected chi connectivity index (χ0v) is 10.3. The molecule has 92 valence electrons. The molecule has 0 N–H and O–H groups in total. The number of nitrogens with zero attached hydrogens (tertiary/aromatic N) is 2. The molecule has 0 saturated carbocycles. The van der Waals surface area contributed by atoms with Gasteiger partial charge in [0, 0.05) is 17.8 Å². The lowest BCUT2D eigenvalue weighted by molar-refractivity contribution is -0.592. The summed E-state index contributed by atoms with van der Waals surface area (Å²) in [5.41, 5.74) is 3.40. The van der Waals surface area contributed by atoms with E-state index in [9.17, 15) is 5.21 Å². The number of benzene rings is 1. The minimum atomic E-state index is 0.662. The molecular weight excluding hydrogens is 240 g/mol. The van der Waals surface area contributed by atoms with Gasteiger partial charge in [-0.3, -0.25) is 4.98 Å². The minimum absolute atomic E-state index is 0.662. The molecule has 2 aromatic heterocycles. The standard InChI is InChI=1S/C15H10N2O2/c1-19-10-2-3-11-12(8-10)15-13-9(5-7-17(15)18)4-6-16-14(11)13/h2-8H,1H3. The molecule has 0 radical (unpaired) electrons. The molecular formula is C15H10N2O2. The van der Waals surface area contributed by atoms with Crippen LogP contribution >= 0.6 is 0 Å². The second kappa shape index (κ2) is 3.45. The number of hydrogen-bond acceptors (Lipinski definition) is 3. The van der Waals surface area contributed by atoms with E-state index in [1.165, 1.54) is 6.20 Å². The largest absolute Gasteiger partial charge is 0.618 e. The Morgan fingerprint density at radius 3 is 2.89 bits per heavy atom. The first-order chi connectivity index (χ1) is 9.29. The maximum atomic E-state index is 12.1. The minimum Gasteiger partial charge on any atom is -0.618 e. The van der Waals surface area contributed by atoms with Crippen LogP contribution in [0.3, 0.4) is 0 Å². The third kappa shape index (κ3) is 1.23. The van der Waals surface area contributed by atoms with Gasteiger partial charge in [-0.2, -0.15) is 4.73 Å². The van der Waals surface area contributed by atoms with E-state index in [4.69, 9.17) is 4.74 Å². The third-order valence-corrected chi connectivity index (χ3v) is 3.57. The summed E-state index contributed by atoms with van der Waals surface area (Å²) in [4.78, 5) is 4.42. The Kier molecular flexibility index (Phi) is 1.87. The van der Waals surface area contributed by atoms with Crippen LogP contribution in [-0.2, 0) is 0 Å². The molecule has 2 heterocycles. The van der Waals surface area contributed by atoms with E-state index >= 15 is 0 Å². The molecule has 0 saturated heterocycles. The molecule has 4 rings (SSSR count). The maximum absolute atomic E-state index is 12.1. The van der Waals surface area contributed by atoms with Crippen LogP contribution < -0.4 is 9.47 Å². The number of pyridine rings is 2. The lowest BCUT2D eigenvalue weighted by atomic mass is 10.1. The van der Waals surface area contributed by atoms with Gasteiger partial charge in [-0.25, -0.2) is 0 Å². The Labute approximate surface area is 109 Å². The van der Waals surface area contributed by atoms with Crippen LogP contribution in [0, 0.1) is 5.21 Å². The van der Waals surface area contributed by atoms with Crippen molar-refractivity contribution < 1.29 is 9.47 Å². The summed E-state index contributed by atoms with van der Waals surface area (Å²) in [7, 11) is 1.62. The summed E-state index contributed by atoms with van der Waals surface area (Å²) in [5.74, 6) is 0.739. The monoisotopic (exact) mass is 250 g/mol. The fourth-order valence-corrected chi connectivity index (χ4v) is 2.71. The summed E-state index contributed by atoms with van der Waals surface area (Å²) in [5, 5.41) is 14.1. The van der Waals surface area contributed by atoms with E-state index in [2.05, 4.69) is 4.98 Å². The molecule has 0 fully saturated rings. The van der Waals surface area contributed by atoms with E-state index in [1.54, 1.807) is 13.3 Å². The molecule has 1 aromatic carbocycles. The lowest BCUT2D eigenvalue weighted by Gasteiger charge is -2.05. The van der Waals surface area contributed by atoms with Gasteiger partial charge in [0.1, 0.15) is 5.75 Å². The Bertz CT molecular complexity index is 828. The third-order valence-electron chi connectivity index (χ3n) is 3.57. The van der Waals surface area contributed by atoms with Crippen molar-refractivity contribution in [3.8, 4) is 28.3 Å². The summed E-state index contributed by atoms with van der Waals surface area (Å²) >= 11 is 0. The molecule has 0 spiro atoms. The molecule has 1 aliphatic rings. The second-order valence-electron chi connectivity index (χ2n) is 4.53. The second-order valence-corrected chi connectivity index (χ2v) is 4.53. The summed E-state index contributed by atoms with van der Waals surface area (Å²) in [6, 6.07) is 9.47. The predicted octanol–water partition coefficient (Wildman–Crippen LogP) is 2.52. The van der Waals surface area contributed by atoms with Gasteiger partial charge in [-0.15, -0.1) is 0 Å². The number of rotatable bonds is 1. The highest BCUT2D eigenvalue weighted by Crippen LogP contribution is 2.45.